The van der Waals surface area contributed by atoms with Gasteiger partial charge in [0.2, 0.25) is 0 Å². The van der Waals surface area contributed by atoms with Crippen LogP contribution in [0, 0.1) is 6.92 Å². The smallest absolute Gasteiger partial charge is 0.253 e. The van der Waals surface area contributed by atoms with E-state index in [4.69, 9.17) is 9.47 Å². The van der Waals surface area contributed by atoms with Gasteiger partial charge in [-0.1, -0.05) is 12.1 Å². The maximum Gasteiger partial charge on any atom is 0.253 e. The first-order valence-corrected chi connectivity index (χ1v) is 7.59. The van der Waals surface area contributed by atoms with E-state index in [-0.39, 0.29) is 11.9 Å². The molecule has 0 bridgehead atoms. The van der Waals surface area contributed by atoms with Crippen LogP contribution < -0.4 is 10.1 Å². The molecule has 0 aliphatic heterocycles. The van der Waals surface area contributed by atoms with Crippen LogP contribution in [0.5, 0.6) is 5.75 Å². The van der Waals surface area contributed by atoms with E-state index >= 15 is 0 Å². The Kier molecular flexibility index (Phi) is 6.11. The molecular weight excluding hydrogens is 292 g/mol. The Hall–Kier alpha value is -2.40. The number of nitrogens with one attached hydrogen (secondary N) is 1. The molecule has 122 valence electrons. The van der Waals surface area contributed by atoms with E-state index < -0.39 is 0 Å². The predicted molar refractivity (Wildman–Crippen MR) is 88.7 cm³/mol. The van der Waals surface area contributed by atoms with Crippen LogP contribution >= 0.6 is 0 Å². The van der Waals surface area contributed by atoms with Crippen molar-refractivity contribution in [3.8, 4) is 5.75 Å². The fraction of sp³-hybridized carbons (Fsp3) is 0.333. The highest BCUT2D eigenvalue weighted by Crippen LogP contribution is 2.19. The first-order valence-electron chi connectivity index (χ1n) is 7.59. The molecule has 5 heteroatoms. The molecule has 23 heavy (non-hydrogen) atoms. The Balaban J connectivity index is 2.11. The number of pyridine rings is 1. The van der Waals surface area contributed by atoms with Crippen molar-refractivity contribution in [2.24, 2.45) is 0 Å². The molecule has 2 aromatic rings. The van der Waals surface area contributed by atoms with E-state index in [1.165, 1.54) is 0 Å². The van der Waals surface area contributed by atoms with Crippen molar-refractivity contribution >= 4 is 5.91 Å². The van der Waals surface area contributed by atoms with Crippen molar-refractivity contribution in [3.05, 3.63) is 59.4 Å². The van der Waals surface area contributed by atoms with Gasteiger partial charge in [-0.3, -0.25) is 9.78 Å². The predicted octanol–water partition coefficient (Wildman–Crippen LogP) is 2.91. The van der Waals surface area contributed by atoms with Crippen molar-refractivity contribution in [1.29, 1.82) is 0 Å². The molecule has 1 unspecified atom stereocenters. The summed E-state index contributed by atoms with van der Waals surface area (Å²) in [5.41, 5.74) is 2.37. The maximum atomic E-state index is 12.4. The molecule has 0 fully saturated rings. The normalized spacial score (nSPS) is 11.8. The monoisotopic (exact) mass is 314 g/mol. The molecular formula is C18H22N2O3. The van der Waals surface area contributed by atoms with E-state index in [1.807, 2.05) is 44.2 Å². The molecule has 1 aromatic carbocycles. The number of rotatable bonds is 7. The van der Waals surface area contributed by atoms with Crippen molar-refractivity contribution < 1.29 is 14.3 Å². The first kappa shape index (κ1) is 17.0. The molecule has 0 spiro atoms. The van der Waals surface area contributed by atoms with Gasteiger partial charge in [0.25, 0.3) is 5.91 Å². The lowest BCUT2D eigenvalue weighted by atomic mass is 10.1. The largest absolute Gasteiger partial charge is 0.494 e. The highest BCUT2D eigenvalue weighted by molar-refractivity contribution is 5.94. The number of benzene rings is 1. The van der Waals surface area contributed by atoms with Crippen LogP contribution in [-0.2, 0) is 4.74 Å². The molecule has 1 aromatic heterocycles. The maximum absolute atomic E-state index is 12.4. The Morgan fingerprint density at radius 2 is 1.96 bits per heavy atom. The molecule has 2 rings (SSSR count). The molecule has 0 aliphatic rings. The summed E-state index contributed by atoms with van der Waals surface area (Å²) < 4.78 is 10.7. The summed E-state index contributed by atoms with van der Waals surface area (Å²) in [7, 11) is 1.61. The SMILES string of the molecule is CCOc1ccc(C(COC)NC(=O)c2ccc(C)nc2)cc1. The molecule has 0 saturated carbocycles. The molecule has 1 amide bonds. The molecule has 0 aliphatic carbocycles. The quantitative estimate of drug-likeness (QED) is 0.853. The minimum Gasteiger partial charge on any atom is -0.494 e. The van der Waals surface area contributed by atoms with Crippen molar-refractivity contribution in [2.45, 2.75) is 19.9 Å². The Morgan fingerprint density at radius 3 is 2.52 bits per heavy atom. The van der Waals surface area contributed by atoms with E-state index in [2.05, 4.69) is 10.3 Å². The van der Waals surface area contributed by atoms with Crippen LogP contribution in [0.25, 0.3) is 0 Å². The highest BCUT2D eigenvalue weighted by Gasteiger charge is 2.16. The van der Waals surface area contributed by atoms with Crippen LogP contribution in [-0.4, -0.2) is 31.2 Å². The second-order valence-electron chi connectivity index (χ2n) is 5.17. The number of ether oxygens (including phenoxy) is 2. The van der Waals surface area contributed by atoms with Crippen LogP contribution in [0.4, 0.5) is 0 Å². The molecule has 1 atom stereocenters. The minimum absolute atomic E-state index is 0.173. The Labute approximate surface area is 136 Å². The number of carbonyl (C=O) groups excluding carboxylic acids is 1. The summed E-state index contributed by atoms with van der Waals surface area (Å²) in [4.78, 5) is 16.5. The number of amides is 1. The van der Waals surface area contributed by atoms with Crippen LogP contribution in [0.2, 0.25) is 0 Å². The summed E-state index contributed by atoms with van der Waals surface area (Å²) in [6, 6.07) is 11.0. The van der Waals surface area contributed by atoms with Crippen LogP contribution in [0.1, 0.15) is 34.6 Å². The van der Waals surface area contributed by atoms with E-state index in [1.54, 1.807) is 19.4 Å². The van der Waals surface area contributed by atoms with E-state index in [0.29, 0.717) is 18.8 Å². The second kappa shape index (κ2) is 8.29. The number of hydrogen-bond donors (Lipinski definition) is 1. The van der Waals surface area contributed by atoms with Crippen molar-refractivity contribution in [1.82, 2.24) is 10.3 Å². The van der Waals surface area contributed by atoms with Crippen molar-refractivity contribution in [2.75, 3.05) is 20.3 Å². The topological polar surface area (TPSA) is 60.5 Å². The molecule has 5 nitrogen and oxygen atoms in total. The van der Waals surface area contributed by atoms with Gasteiger partial charge in [-0.2, -0.15) is 0 Å². The van der Waals surface area contributed by atoms with Crippen LogP contribution in [0.15, 0.2) is 42.6 Å². The second-order valence-corrected chi connectivity index (χ2v) is 5.17. The highest BCUT2D eigenvalue weighted by atomic mass is 16.5. The third-order valence-corrected chi connectivity index (χ3v) is 3.41. The van der Waals surface area contributed by atoms with Gasteiger partial charge in [0, 0.05) is 19.0 Å². The molecule has 1 heterocycles. The lowest BCUT2D eigenvalue weighted by molar-refractivity contribution is 0.0896. The molecule has 1 N–H and O–H groups in total. The van der Waals surface area contributed by atoms with Gasteiger partial charge in [-0.05, 0) is 43.7 Å². The zero-order chi connectivity index (χ0) is 16.7. The number of aryl methyl sites for hydroxylation is 1. The zero-order valence-corrected chi connectivity index (χ0v) is 13.7. The van der Waals surface area contributed by atoms with Crippen LogP contribution in [0.3, 0.4) is 0 Å². The number of hydrogen-bond acceptors (Lipinski definition) is 4. The molecule has 0 saturated heterocycles. The van der Waals surface area contributed by atoms with E-state index in [0.717, 1.165) is 17.0 Å². The Morgan fingerprint density at radius 1 is 1.22 bits per heavy atom. The number of nitrogens with zero attached hydrogens (tertiary/aromatic N) is 1. The summed E-state index contributed by atoms with van der Waals surface area (Å²) >= 11 is 0. The van der Waals surface area contributed by atoms with Gasteiger partial charge in [0.1, 0.15) is 5.75 Å². The minimum atomic E-state index is -0.232. The van der Waals surface area contributed by atoms with E-state index in [9.17, 15) is 4.79 Å². The summed E-state index contributed by atoms with van der Waals surface area (Å²) in [5.74, 6) is 0.634. The lowest BCUT2D eigenvalue weighted by Gasteiger charge is -2.19. The summed E-state index contributed by atoms with van der Waals surface area (Å²) in [6.45, 7) is 4.84. The van der Waals surface area contributed by atoms with Gasteiger partial charge < -0.3 is 14.8 Å². The first-order chi connectivity index (χ1) is 11.1. The fourth-order valence-corrected chi connectivity index (χ4v) is 2.19. The number of carbonyl (C=O) groups is 1. The average molecular weight is 314 g/mol. The average Bonchev–Trinajstić information content (AvgIpc) is 2.56. The third-order valence-electron chi connectivity index (χ3n) is 3.41. The Bertz CT molecular complexity index is 624. The van der Waals surface area contributed by atoms with Gasteiger partial charge in [-0.15, -0.1) is 0 Å². The number of methoxy groups -OCH3 is 1. The van der Waals surface area contributed by atoms with Crippen molar-refractivity contribution in [3.63, 3.8) is 0 Å². The number of aromatic nitrogens is 1. The standard InChI is InChI=1S/C18H22N2O3/c1-4-23-16-9-7-14(8-10-16)17(12-22-3)20-18(21)15-6-5-13(2)19-11-15/h5-11,17H,4,12H2,1-3H3,(H,20,21). The summed E-state index contributed by atoms with van der Waals surface area (Å²) in [6.07, 6.45) is 1.58. The molecule has 0 radical (unpaired) electrons. The third kappa shape index (κ3) is 4.79. The van der Waals surface area contributed by atoms with Gasteiger partial charge in [0.15, 0.2) is 0 Å². The van der Waals surface area contributed by atoms with Gasteiger partial charge in [0.05, 0.1) is 24.8 Å². The lowest BCUT2D eigenvalue weighted by Crippen LogP contribution is -2.31. The van der Waals surface area contributed by atoms with Gasteiger partial charge >= 0.3 is 0 Å². The zero-order valence-electron chi connectivity index (χ0n) is 13.7. The van der Waals surface area contributed by atoms with Gasteiger partial charge in [-0.25, -0.2) is 0 Å². The summed E-state index contributed by atoms with van der Waals surface area (Å²) in [5, 5.41) is 2.98. The fourth-order valence-electron chi connectivity index (χ4n) is 2.19.